The molecule has 0 saturated carbocycles. The van der Waals surface area contributed by atoms with E-state index in [9.17, 15) is 0 Å². The number of ether oxygens (including phenoxy) is 1. The zero-order valence-corrected chi connectivity index (χ0v) is 18.5. The molecule has 0 radical (unpaired) electrons. The normalized spacial score (nSPS) is 10.6. The van der Waals surface area contributed by atoms with Gasteiger partial charge in [0.2, 0.25) is 0 Å². The molecule has 2 aromatic heterocycles. The Balaban J connectivity index is 1.60. The molecule has 2 aromatic carbocycles. The second-order valence-electron chi connectivity index (χ2n) is 7.35. The highest BCUT2D eigenvalue weighted by Crippen LogP contribution is 2.29. The topological polar surface area (TPSA) is 89.2 Å². The Labute approximate surface area is 186 Å². The van der Waals surface area contributed by atoms with Gasteiger partial charge in [-0.2, -0.15) is 0 Å². The van der Waals surface area contributed by atoms with E-state index in [1.165, 1.54) is 0 Å². The number of nitrogens with zero attached hydrogens (tertiary/aromatic N) is 5. The molecule has 8 heteroatoms. The second-order valence-corrected chi connectivity index (χ2v) is 7.35. The summed E-state index contributed by atoms with van der Waals surface area (Å²) in [5.41, 5.74) is 5.58. The molecule has 0 saturated heterocycles. The van der Waals surface area contributed by atoms with Crippen molar-refractivity contribution in [3.63, 3.8) is 0 Å². The summed E-state index contributed by atoms with van der Waals surface area (Å²) in [6, 6.07) is 15.7. The molecule has 0 aliphatic heterocycles. The van der Waals surface area contributed by atoms with E-state index < -0.39 is 0 Å². The van der Waals surface area contributed by atoms with E-state index in [2.05, 4.69) is 27.1 Å². The molecule has 0 unspecified atom stereocenters. The molecule has 0 atom stereocenters. The molecule has 32 heavy (non-hydrogen) atoms. The zero-order chi connectivity index (χ0) is 22.7. The first-order chi connectivity index (χ1) is 15.5. The lowest BCUT2D eigenvalue weighted by atomic mass is 10.1. The molecule has 0 aliphatic rings. The maximum atomic E-state index is 5.81. The van der Waals surface area contributed by atoms with Crippen molar-refractivity contribution in [1.82, 2.24) is 25.1 Å². The first-order valence-corrected chi connectivity index (χ1v) is 10.0. The number of aryl methyl sites for hydroxylation is 1. The van der Waals surface area contributed by atoms with Crippen LogP contribution in [0.4, 0.5) is 11.7 Å². The van der Waals surface area contributed by atoms with Gasteiger partial charge in [-0.05, 0) is 24.6 Å². The van der Waals surface area contributed by atoms with Crippen LogP contribution in [0.5, 0.6) is 5.75 Å². The van der Waals surface area contributed by atoms with Crippen LogP contribution in [0.15, 0.2) is 65.7 Å². The van der Waals surface area contributed by atoms with Crippen molar-refractivity contribution in [1.29, 1.82) is 0 Å². The summed E-state index contributed by atoms with van der Waals surface area (Å²) >= 11 is 0. The molecule has 2 heterocycles. The van der Waals surface area contributed by atoms with Crippen LogP contribution in [0, 0.1) is 6.92 Å². The Morgan fingerprint density at radius 3 is 2.53 bits per heavy atom. The molecule has 0 spiro atoms. The fourth-order valence-corrected chi connectivity index (χ4v) is 3.12. The molecule has 0 amide bonds. The van der Waals surface area contributed by atoms with Crippen LogP contribution in [0.1, 0.15) is 11.3 Å². The lowest BCUT2D eigenvalue weighted by Crippen LogP contribution is -2.08. The highest BCUT2D eigenvalue weighted by Gasteiger charge is 2.16. The van der Waals surface area contributed by atoms with Crippen LogP contribution in [-0.4, -0.2) is 46.3 Å². The van der Waals surface area contributed by atoms with Crippen LogP contribution >= 0.6 is 0 Å². The number of anilines is 2. The van der Waals surface area contributed by atoms with Gasteiger partial charge in [0.05, 0.1) is 30.4 Å². The highest BCUT2D eigenvalue weighted by atomic mass is 16.5. The molecule has 162 valence electrons. The minimum absolute atomic E-state index is 0.239. The molecule has 0 fully saturated rings. The van der Waals surface area contributed by atoms with Crippen molar-refractivity contribution in [3.05, 3.63) is 72.6 Å². The number of para-hydroxylation sites is 2. The Hall–Kier alpha value is -4.20. The summed E-state index contributed by atoms with van der Waals surface area (Å²) < 4.78 is 11.2. The second kappa shape index (κ2) is 8.89. The Bertz CT molecular complexity index is 1250. The Morgan fingerprint density at radius 2 is 1.81 bits per heavy atom. The molecule has 4 aromatic rings. The van der Waals surface area contributed by atoms with E-state index in [0.29, 0.717) is 22.8 Å². The van der Waals surface area contributed by atoms with Gasteiger partial charge in [-0.25, -0.2) is 4.98 Å². The van der Waals surface area contributed by atoms with Gasteiger partial charge in [-0.3, -0.25) is 4.98 Å². The van der Waals surface area contributed by atoms with E-state index in [1.54, 1.807) is 13.3 Å². The summed E-state index contributed by atoms with van der Waals surface area (Å²) in [7, 11) is 5.54. The Kier molecular flexibility index (Phi) is 5.85. The van der Waals surface area contributed by atoms with E-state index >= 15 is 0 Å². The van der Waals surface area contributed by atoms with Gasteiger partial charge < -0.3 is 19.4 Å². The predicted octanol–water partition coefficient (Wildman–Crippen LogP) is 4.79. The number of hydrogen-bond acceptors (Lipinski definition) is 8. The third kappa shape index (κ3) is 4.29. The number of hydrogen-bond donors (Lipinski definition) is 1. The quantitative estimate of drug-likeness (QED) is 0.450. The summed E-state index contributed by atoms with van der Waals surface area (Å²) in [5, 5.41) is 11.3. The number of benzene rings is 2. The first-order valence-electron chi connectivity index (χ1n) is 10.0. The average Bonchev–Trinajstić information content (AvgIpc) is 3.27. The number of methoxy groups -OCH3 is 1. The average molecular weight is 428 g/mol. The molecular weight excluding hydrogens is 404 g/mol. The molecule has 4 rings (SSSR count). The van der Waals surface area contributed by atoms with Gasteiger partial charge >= 0.3 is 6.01 Å². The maximum absolute atomic E-state index is 5.81. The summed E-state index contributed by atoms with van der Waals surface area (Å²) in [4.78, 5) is 11.2. The zero-order valence-electron chi connectivity index (χ0n) is 18.5. The third-order valence-electron chi connectivity index (χ3n) is 4.99. The fraction of sp³-hybridized carbons (Fsp3) is 0.167. The summed E-state index contributed by atoms with van der Waals surface area (Å²) in [6.07, 6.45) is 1.74. The monoisotopic (exact) mass is 428 g/mol. The fourth-order valence-electron chi connectivity index (χ4n) is 3.12. The van der Waals surface area contributed by atoms with Crippen LogP contribution in [-0.2, 0) is 0 Å². The lowest BCUT2D eigenvalue weighted by Gasteiger charge is -2.16. The molecule has 8 nitrogen and oxygen atoms in total. The molecule has 0 aliphatic carbocycles. The van der Waals surface area contributed by atoms with Gasteiger partial charge in [-0.15, -0.1) is 5.10 Å². The van der Waals surface area contributed by atoms with Crippen molar-refractivity contribution in [2.45, 2.75) is 6.92 Å². The van der Waals surface area contributed by atoms with Gasteiger partial charge in [-0.1, -0.05) is 48.1 Å². The molecular formula is C24H24N6O2. The van der Waals surface area contributed by atoms with E-state index in [-0.39, 0.29) is 11.9 Å². The highest BCUT2D eigenvalue weighted by molar-refractivity contribution is 5.68. The lowest BCUT2D eigenvalue weighted by molar-refractivity contribution is 0.416. The largest absolute Gasteiger partial charge is 0.495 e. The van der Waals surface area contributed by atoms with E-state index in [1.807, 2.05) is 74.4 Å². The summed E-state index contributed by atoms with van der Waals surface area (Å²) in [6.45, 7) is 5.95. The van der Waals surface area contributed by atoms with Gasteiger partial charge in [0.1, 0.15) is 11.4 Å². The minimum atomic E-state index is 0.239. The Morgan fingerprint density at radius 1 is 1.06 bits per heavy atom. The van der Waals surface area contributed by atoms with Gasteiger partial charge in [0.25, 0.3) is 5.89 Å². The van der Waals surface area contributed by atoms with Crippen molar-refractivity contribution in [3.8, 4) is 28.6 Å². The molecule has 1 N–H and O–H groups in total. The number of aromatic nitrogens is 4. The van der Waals surface area contributed by atoms with Crippen LogP contribution in [0.3, 0.4) is 0 Å². The number of nitrogens with one attached hydrogen (secondary N) is 1. The smallest absolute Gasteiger partial charge is 0.320 e. The predicted molar refractivity (Wildman–Crippen MR) is 124 cm³/mol. The van der Waals surface area contributed by atoms with Crippen molar-refractivity contribution < 1.29 is 9.15 Å². The SMILES string of the molecule is C=C(c1ccc(-c2cnc(C)c(-c3nnc(Nc4ccccc4OC)o3)n2)cc1)N(C)C. The third-order valence-corrected chi connectivity index (χ3v) is 4.99. The van der Waals surface area contributed by atoms with Crippen molar-refractivity contribution >= 4 is 17.4 Å². The van der Waals surface area contributed by atoms with Gasteiger partial charge in [0, 0.05) is 25.4 Å². The number of rotatable bonds is 7. The first kappa shape index (κ1) is 21.0. The summed E-state index contributed by atoms with van der Waals surface area (Å²) in [5.74, 6) is 0.956. The standard InChI is InChI=1S/C24H24N6O2/c1-15-22(23-28-29-24(32-23)27-19-8-6-7-9-21(19)31-5)26-20(14-25-15)18-12-10-17(11-13-18)16(2)30(3)4/h6-14H,2H2,1,3-5H3,(H,27,29). The molecule has 0 bridgehead atoms. The van der Waals surface area contributed by atoms with E-state index in [0.717, 1.165) is 22.5 Å². The van der Waals surface area contributed by atoms with Gasteiger partial charge in [0.15, 0.2) is 0 Å². The van der Waals surface area contributed by atoms with Crippen LogP contribution in [0.2, 0.25) is 0 Å². The minimum Gasteiger partial charge on any atom is -0.495 e. The maximum Gasteiger partial charge on any atom is 0.320 e. The van der Waals surface area contributed by atoms with Crippen molar-refractivity contribution in [2.75, 3.05) is 26.5 Å². The van der Waals surface area contributed by atoms with Crippen LogP contribution in [0.25, 0.3) is 28.5 Å². The van der Waals surface area contributed by atoms with E-state index in [4.69, 9.17) is 14.1 Å². The van der Waals surface area contributed by atoms with Crippen LogP contribution < -0.4 is 10.1 Å². The van der Waals surface area contributed by atoms with Crippen molar-refractivity contribution in [2.24, 2.45) is 0 Å².